The van der Waals surface area contributed by atoms with Gasteiger partial charge in [0.05, 0.1) is 5.02 Å². The molecule has 0 saturated heterocycles. The molecule has 0 unspecified atom stereocenters. The molecule has 9 heteroatoms. The standard InChI is InChI=1S/C15H12ClNO5S2/c16-11-8-10(9-12-15(11)22-6-5-21-12)3-4-13(18)17-24(19,20)14-2-1-7-23-14/h1-4,7-9H,5-6H2,(H,17,18). The first-order chi connectivity index (χ1) is 11.5. The number of rotatable bonds is 4. The minimum atomic E-state index is -3.85. The Morgan fingerprint density at radius 1 is 1.29 bits per heavy atom. The lowest BCUT2D eigenvalue weighted by Crippen LogP contribution is -2.28. The molecule has 0 aliphatic carbocycles. The third-order valence-corrected chi connectivity index (χ3v) is 6.07. The number of amides is 1. The molecular weight excluding hydrogens is 374 g/mol. The Kier molecular flexibility index (Phi) is 4.79. The summed E-state index contributed by atoms with van der Waals surface area (Å²) in [6, 6.07) is 6.28. The zero-order valence-corrected chi connectivity index (χ0v) is 14.6. The molecule has 1 aromatic heterocycles. The predicted octanol–water partition coefficient (Wildman–Crippen LogP) is 2.69. The van der Waals surface area contributed by atoms with Gasteiger partial charge in [0.2, 0.25) is 0 Å². The van der Waals surface area contributed by atoms with E-state index in [0.717, 1.165) is 17.4 Å². The van der Waals surface area contributed by atoms with Crippen molar-refractivity contribution in [1.29, 1.82) is 0 Å². The van der Waals surface area contributed by atoms with E-state index in [0.29, 0.717) is 35.3 Å². The summed E-state index contributed by atoms with van der Waals surface area (Å²) in [4.78, 5) is 11.8. The summed E-state index contributed by atoms with van der Waals surface area (Å²) in [7, 11) is -3.85. The first kappa shape index (κ1) is 16.8. The van der Waals surface area contributed by atoms with Crippen LogP contribution in [0.2, 0.25) is 5.02 Å². The lowest BCUT2D eigenvalue weighted by Gasteiger charge is -2.19. The number of halogens is 1. The molecule has 1 N–H and O–H groups in total. The van der Waals surface area contributed by atoms with Crippen molar-refractivity contribution in [3.8, 4) is 11.5 Å². The van der Waals surface area contributed by atoms with Crippen LogP contribution in [-0.4, -0.2) is 27.5 Å². The molecule has 0 spiro atoms. The topological polar surface area (TPSA) is 81.7 Å². The summed E-state index contributed by atoms with van der Waals surface area (Å²) in [5, 5.41) is 1.98. The Balaban J connectivity index is 1.74. The van der Waals surface area contributed by atoms with Gasteiger partial charge >= 0.3 is 0 Å². The molecule has 3 rings (SSSR count). The van der Waals surface area contributed by atoms with E-state index >= 15 is 0 Å². The number of sulfonamides is 1. The van der Waals surface area contributed by atoms with Crippen molar-refractivity contribution in [2.45, 2.75) is 4.21 Å². The van der Waals surface area contributed by atoms with E-state index in [9.17, 15) is 13.2 Å². The quantitative estimate of drug-likeness (QED) is 0.818. The summed E-state index contributed by atoms with van der Waals surface area (Å²) in [6.07, 6.45) is 2.57. The highest BCUT2D eigenvalue weighted by atomic mass is 35.5. The fourth-order valence-electron chi connectivity index (χ4n) is 2.03. The average molecular weight is 386 g/mol. The van der Waals surface area contributed by atoms with E-state index in [-0.39, 0.29) is 4.21 Å². The molecule has 1 aliphatic rings. The van der Waals surface area contributed by atoms with Crippen LogP contribution in [0.15, 0.2) is 39.9 Å². The van der Waals surface area contributed by atoms with Crippen molar-refractivity contribution in [3.63, 3.8) is 0 Å². The minimum Gasteiger partial charge on any atom is -0.486 e. The molecule has 0 saturated carbocycles. The average Bonchev–Trinajstić information content (AvgIpc) is 3.08. The molecular formula is C15H12ClNO5S2. The summed E-state index contributed by atoms with van der Waals surface area (Å²) >= 11 is 7.13. The maximum Gasteiger partial charge on any atom is 0.273 e. The molecule has 1 amide bonds. The molecule has 0 bridgehead atoms. The highest BCUT2D eigenvalue weighted by Crippen LogP contribution is 2.38. The van der Waals surface area contributed by atoms with Crippen LogP contribution < -0.4 is 14.2 Å². The van der Waals surface area contributed by atoms with Gasteiger partial charge in [-0.25, -0.2) is 13.1 Å². The SMILES string of the molecule is O=C(C=Cc1cc(Cl)c2c(c1)OCCO2)NS(=O)(=O)c1cccs1. The van der Waals surface area contributed by atoms with Crippen molar-refractivity contribution < 1.29 is 22.7 Å². The lowest BCUT2D eigenvalue weighted by molar-refractivity contribution is -0.114. The van der Waals surface area contributed by atoms with Crippen LogP contribution in [0.3, 0.4) is 0 Å². The van der Waals surface area contributed by atoms with Crippen LogP contribution >= 0.6 is 22.9 Å². The van der Waals surface area contributed by atoms with Crippen molar-refractivity contribution in [2.24, 2.45) is 0 Å². The number of ether oxygens (including phenoxy) is 2. The smallest absolute Gasteiger partial charge is 0.273 e. The maximum atomic E-state index is 11.9. The summed E-state index contributed by atoms with van der Waals surface area (Å²) in [5.74, 6) is 0.194. The number of fused-ring (bicyclic) bond motifs is 1. The second kappa shape index (κ2) is 6.84. The van der Waals surface area contributed by atoms with Gasteiger partial charge in [-0.2, -0.15) is 0 Å². The lowest BCUT2D eigenvalue weighted by atomic mass is 10.2. The fraction of sp³-hybridized carbons (Fsp3) is 0.133. The molecule has 0 fully saturated rings. The van der Waals surface area contributed by atoms with Gasteiger partial charge in [-0.3, -0.25) is 4.79 Å². The van der Waals surface area contributed by atoms with Gasteiger partial charge in [0.15, 0.2) is 11.5 Å². The molecule has 1 aliphatic heterocycles. The van der Waals surface area contributed by atoms with Gasteiger partial charge in [-0.05, 0) is 35.2 Å². The number of thiophene rings is 1. The van der Waals surface area contributed by atoms with E-state index < -0.39 is 15.9 Å². The summed E-state index contributed by atoms with van der Waals surface area (Å²) < 4.78 is 36.8. The third-order valence-electron chi connectivity index (χ3n) is 3.04. The second-order valence-corrected chi connectivity index (χ2v) is 8.03. The van der Waals surface area contributed by atoms with Crippen LogP contribution in [0.25, 0.3) is 6.08 Å². The Morgan fingerprint density at radius 3 is 2.83 bits per heavy atom. The Labute approximate surface area is 147 Å². The highest BCUT2D eigenvalue weighted by molar-refractivity contribution is 7.92. The summed E-state index contributed by atoms with van der Waals surface area (Å²) in [5.41, 5.74) is 0.591. The Bertz CT molecular complexity index is 891. The van der Waals surface area contributed by atoms with Crippen LogP contribution in [-0.2, 0) is 14.8 Å². The van der Waals surface area contributed by atoms with Gasteiger partial charge in [-0.1, -0.05) is 17.7 Å². The Morgan fingerprint density at radius 2 is 2.08 bits per heavy atom. The van der Waals surface area contributed by atoms with Crippen LogP contribution in [0.5, 0.6) is 11.5 Å². The van der Waals surface area contributed by atoms with Crippen molar-refractivity contribution >= 4 is 44.9 Å². The monoisotopic (exact) mass is 385 g/mol. The molecule has 2 heterocycles. The molecule has 0 atom stereocenters. The minimum absolute atomic E-state index is 0.0756. The van der Waals surface area contributed by atoms with E-state index in [4.69, 9.17) is 21.1 Å². The van der Waals surface area contributed by atoms with Gasteiger partial charge in [-0.15, -0.1) is 11.3 Å². The number of benzene rings is 1. The molecule has 6 nitrogen and oxygen atoms in total. The van der Waals surface area contributed by atoms with E-state index in [1.54, 1.807) is 23.6 Å². The van der Waals surface area contributed by atoms with Gasteiger partial charge in [0.25, 0.3) is 15.9 Å². The first-order valence-electron chi connectivity index (χ1n) is 6.83. The highest BCUT2D eigenvalue weighted by Gasteiger charge is 2.18. The Hall–Kier alpha value is -2.03. The van der Waals surface area contributed by atoms with E-state index in [2.05, 4.69) is 0 Å². The van der Waals surface area contributed by atoms with Crippen LogP contribution in [0, 0.1) is 0 Å². The van der Waals surface area contributed by atoms with Gasteiger partial charge in [0.1, 0.15) is 17.4 Å². The largest absolute Gasteiger partial charge is 0.486 e. The number of hydrogen-bond donors (Lipinski definition) is 1. The van der Waals surface area contributed by atoms with E-state index in [1.807, 2.05) is 4.72 Å². The van der Waals surface area contributed by atoms with Crippen LogP contribution in [0.4, 0.5) is 0 Å². The number of carbonyl (C=O) groups is 1. The van der Waals surface area contributed by atoms with Crippen molar-refractivity contribution in [1.82, 2.24) is 4.72 Å². The third kappa shape index (κ3) is 3.72. The summed E-state index contributed by atoms with van der Waals surface area (Å²) in [6.45, 7) is 0.834. The fourth-order valence-corrected chi connectivity index (χ4v) is 4.24. The van der Waals surface area contributed by atoms with Crippen molar-refractivity contribution in [3.05, 3.63) is 46.3 Å². The molecule has 1 aromatic carbocycles. The normalized spacial score (nSPS) is 13.9. The van der Waals surface area contributed by atoms with Gasteiger partial charge < -0.3 is 9.47 Å². The maximum absolute atomic E-state index is 11.9. The molecule has 0 radical (unpaired) electrons. The second-order valence-electron chi connectivity index (χ2n) is 4.76. The van der Waals surface area contributed by atoms with E-state index in [1.165, 1.54) is 12.1 Å². The van der Waals surface area contributed by atoms with Crippen LogP contribution in [0.1, 0.15) is 5.56 Å². The zero-order chi connectivity index (χ0) is 17.2. The molecule has 126 valence electrons. The number of hydrogen-bond acceptors (Lipinski definition) is 6. The molecule has 24 heavy (non-hydrogen) atoms. The zero-order valence-electron chi connectivity index (χ0n) is 12.2. The number of carbonyl (C=O) groups excluding carboxylic acids is 1. The first-order valence-corrected chi connectivity index (χ1v) is 9.57. The number of nitrogens with one attached hydrogen (secondary N) is 1. The predicted molar refractivity (Wildman–Crippen MR) is 91.1 cm³/mol. The van der Waals surface area contributed by atoms with Gasteiger partial charge in [0, 0.05) is 6.08 Å². The molecule has 2 aromatic rings. The van der Waals surface area contributed by atoms with Crippen molar-refractivity contribution in [2.75, 3.05) is 13.2 Å².